The normalized spacial score (nSPS) is 11.0. The predicted octanol–water partition coefficient (Wildman–Crippen LogP) is 3.57. The zero-order valence-electron chi connectivity index (χ0n) is 9.44. The highest BCUT2D eigenvalue weighted by molar-refractivity contribution is 7.11. The topological polar surface area (TPSA) is 43.1 Å². The minimum Gasteiger partial charge on any atom is -0.452 e. The Morgan fingerprint density at radius 3 is 3.00 bits per heavy atom. The molecule has 18 heavy (non-hydrogen) atoms. The molecule has 0 atom stereocenters. The minimum absolute atomic E-state index is 0.227. The van der Waals surface area contributed by atoms with Gasteiger partial charge in [0.05, 0.1) is 0 Å². The fourth-order valence-electron chi connectivity index (χ4n) is 1.85. The molecule has 3 rings (SSSR count). The monoisotopic (exact) mass is 261 g/mol. The summed E-state index contributed by atoms with van der Waals surface area (Å²) in [6.07, 6.45) is 1.57. The molecule has 2 aromatic heterocycles. The van der Waals surface area contributed by atoms with Crippen molar-refractivity contribution in [3.63, 3.8) is 0 Å². The Hall–Kier alpha value is -2.01. The van der Waals surface area contributed by atoms with Gasteiger partial charge >= 0.3 is 0 Å². The van der Waals surface area contributed by atoms with E-state index in [0.717, 1.165) is 5.39 Å². The van der Waals surface area contributed by atoms with E-state index in [4.69, 9.17) is 4.42 Å². The quantitative estimate of drug-likeness (QED) is 0.662. The Morgan fingerprint density at radius 2 is 2.28 bits per heavy atom. The summed E-state index contributed by atoms with van der Waals surface area (Å²) >= 11 is 1.25. The highest BCUT2D eigenvalue weighted by atomic mass is 32.1. The van der Waals surface area contributed by atoms with Crippen molar-refractivity contribution in [2.45, 2.75) is 6.92 Å². The number of ketones is 1. The van der Waals surface area contributed by atoms with Gasteiger partial charge in [-0.25, -0.2) is 9.37 Å². The lowest BCUT2D eigenvalue weighted by Gasteiger charge is -1.93. The number of carbonyl (C=O) groups excluding carboxylic acids is 1. The maximum absolute atomic E-state index is 13.1. The van der Waals surface area contributed by atoms with Crippen LogP contribution < -0.4 is 0 Å². The number of fused-ring (bicyclic) bond motifs is 1. The van der Waals surface area contributed by atoms with E-state index < -0.39 is 0 Å². The van der Waals surface area contributed by atoms with Crippen LogP contribution in [0, 0.1) is 12.7 Å². The van der Waals surface area contributed by atoms with E-state index in [1.165, 1.54) is 23.5 Å². The number of aromatic nitrogens is 1. The van der Waals surface area contributed by atoms with Crippen molar-refractivity contribution < 1.29 is 13.6 Å². The molecule has 0 radical (unpaired) electrons. The van der Waals surface area contributed by atoms with Gasteiger partial charge in [-0.3, -0.25) is 4.79 Å². The molecule has 0 N–H and O–H groups in total. The number of halogens is 1. The summed E-state index contributed by atoms with van der Waals surface area (Å²) in [5.74, 6) is -0.422. The molecule has 3 aromatic rings. The number of rotatable bonds is 2. The van der Waals surface area contributed by atoms with Crippen LogP contribution in [0.5, 0.6) is 0 Å². The van der Waals surface area contributed by atoms with Gasteiger partial charge < -0.3 is 4.42 Å². The van der Waals surface area contributed by atoms with Crippen LogP contribution in [-0.2, 0) is 0 Å². The highest BCUT2D eigenvalue weighted by Gasteiger charge is 2.21. The molecule has 5 heteroatoms. The van der Waals surface area contributed by atoms with Crippen molar-refractivity contribution >= 4 is 28.1 Å². The van der Waals surface area contributed by atoms with E-state index in [1.807, 2.05) is 0 Å². The summed E-state index contributed by atoms with van der Waals surface area (Å²) < 4.78 is 18.5. The molecule has 90 valence electrons. The van der Waals surface area contributed by atoms with Crippen molar-refractivity contribution in [1.82, 2.24) is 4.98 Å². The van der Waals surface area contributed by atoms with Crippen LogP contribution >= 0.6 is 11.3 Å². The lowest BCUT2D eigenvalue weighted by atomic mass is 10.1. The van der Waals surface area contributed by atoms with Crippen LogP contribution in [0.1, 0.15) is 21.1 Å². The smallest absolute Gasteiger partial charge is 0.256 e. The minimum atomic E-state index is -0.385. The van der Waals surface area contributed by atoms with Gasteiger partial charge in [-0.2, -0.15) is 0 Å². The molecule has 0 saturated heterocycles. The number of benzene rings is 1. The van der Waals surface area contributed by atoms with Gasteiger partial charge in [-0.15, -0.1) is 11.3 Å². The SMILES string of the molecule is Cc1c(C(=O)c2nccs2)oc2cc(F)ccc12. The van der Waals surface area contributed by atoms with Crippen molar-refractivity contribution in [2.24, 2.45) is 0 Å². The third-order valence-electron chi connectivity index (χ3n) is 2.73. The van der Waals surface area contributed by atoms with Gasteiger partial charge in [0.1, 0.15) is 11.4 Å². The van der Waals surface area contributed by atoms with Gasteiger partial charge in [0.25, 0.3) is 5.78 Å². The van der Waals surface area contributed by atoms with E-state index in [-0.39, 0.29) is 17.4 Å². The molecule has 0 amide bonds. The van der Waals surface area contributed by atoms with Crippen molar-refractivity contribution in [3.8, 4) is 0 Å². The van der Waals surface area contributed by atoms with E-state index in [9.17, 15) is 9.18 Å². The third kappa shape index (κ3) is 1.64. The second kappa shape index (κ2) is 4.03. The molecule has 0 saturated carbocycles. The molecule has 0 unspecified atom stereocenters. The molecular weight excluding hydrogens is 253 g/mol. The molecule has 0 aliphatic carbocycles. The average Bonchev–Trinajstić information content (AvgIpc) is 2.97. The van der Waals surface area contributed by atoms with Crippen LogP contribution in [0.15, 0.2) is 34.2 Å². The van der Waals surface area contributed by atoms with E-state index >= 15 is 0 Å². The molecule has 0 spiro atoms. The van der Waals surface area contributed by atoms with E-state index in [2.05, 4.69) is 4.98 Å². The first kappa shape index (κ1) is 11.1. The predicted molar refractivity (Wildman–Crippen MR) is 66.5 cm³/mol. The van der Waals surface area contributed by atoms with Gasteiger partial charge in [0.15, 0.2) is 10.8 Å². The molecule has 1 aromatic carbocycles. The number of aryl methyl sites for hydroxylation is 1. The van der Waals surface area contributed by atoms with Crippen LogP contribution in [0.4, 0.5) is 4.39 Å². The molecule has 0 aliphatic rings. The first-order valence-corrected chi connectivity index (χ1v) is 6.17. The molecule has 3 nitrogen and oxygen atoms in total. The lowest BCUT2D eigenvalue weighted by Crippen LogP contribution is -2.00. The maximum Gasteiger partial charge on any atom is 0.256 e. The molecule has 0 bridgehead atoms. The first-order chi connectivity index (χ1) is 8.66. The van der Waals surface area contributed by atoms with E-state index in [0.29, 0.717) is 16.2 Å². The first-order valence-electron chi connectivity index (χ1n) is 5.29. The maximum atomic E-state index is 13.1. The largest absolute Gasteiger partial charge is 0.452 e. The zero-order valence-corrected chi connectivity index (χ0v) is 10.3. The van der Waals surface area contributed by atoms with Gasteiger partial charge in [-0.1, -0.05) is 0 Å². The Bertz CT molecular complexity index is 731. The highest BCUT2D eigenvalue weighted by Crippen LogP contribution is 2.27. The Morgan fingerprint density at radius 1 is 1.44 bits per heavy atom. The molecule has 0 aliphatic heterocycles. The number of hydrogen-bond donors (Lipinski definition) is 0. The lowest BCUT2D eigenvalue weighted by molar-refractivity contribution is 0.101. The summed E-state index contributed by atoms with van der Waals surface area (Å²) in [7, 11) is 0. The van der Waals surface area contributed by atoms with Crippen LogP contribution in [-0.4, -0.2) is 10.8 Å². The number of hydrogen-bond acceptors (Lipinski definition) is 4. The fourth-order valence-corrected chi connectivity index (χ4v) is 2.42. The summed E-state index contributed by atoms with van der Waals surface area (Å²) in [6.45, 7) is 1.78. The average molecular weight is 261 g/mol. The van der Waals surface area contributed by atoms with Gasteiger partial charge in [0, 0.05) is 28.6 Å². The second-order valence-corrected chi connectivity index (χ2v) is 4.76. The van der Waals surface area contributed by atoms with Gasteiger partial charge in [0.2, 0.25) is 0 Å². The van der Waals surface area contributed by atoms with E-state index in [1.54, 1.807) is 24.6 Å². The van der Waals surface area contributed by atoms with Gasteiger partial charge in [-0.05, 0) is 19.1 Å². The van der Waals surface area contributed by atoms with Crippen molar-refractivity contribution in [3.05, 3.63) is 51.9 Å². The van der Waals surface area contributed by atoms with Crippen LogP contribution in [0.2, 0.25) is 0 Å². The summed E-state index contributed by atoms with van der Waals surface area (Å²) in [5, 5.41) is 2.85. The number of furan rings is 1. The summed E-state index contributed by atoms with van der Waals surface area (Å²) in [5.41, 5.74) is 1.10. The molecule has 0 fully saturated rings. The van der Waals surface area contributed by atoms with Crippen LogP contribution in [0.25, 0.3) is 11.0 Å². The zero-order chi connectivity index (χ0) is 12.7. The molecular formula is C13H8FNO2S. The standard InChI is InChI=1S/C13H8FNO2S/c1-7-9-3-2-8(14)6-10(9)17-12(7)11(16)13-15-4-5-18-13/h2-6H,1H3. The summed E-state index contributed by atoms with van der Waals surface area (Å²) in [4.78, 5) is 16.1. The second-order valence-electron chi connectivity index (χ2n) is 3.86. The van der Waals surface area contributed by atoms with Crippen LogP contribution in [0.3, 0.4) is 0 Å². The third-order valence-corrected chi connectivity index (χ3v) is 3.50. The van der Waals surface area contributed by atoms with Crippen molar-refractivity contribution in [2.75, 3.05) is 0 Å². The number of nitrogens with zero attached hydrogens (tertiary/aromatic N) is 1. The van der Waals surface area contributed by atoms with Crippen molar-refractivity contribution in [1.29, 1.82) is 0 Å². The Balaban J connectivity index is 2.18. The number of carbonyl (C=O) groups is 1. The summed E-state index contributed by atoms with van der Waals surface area (Å²) in [6, 6.07) is 4.24. The fraction of sp³-hybridized carbons (Fsp3) is 0.0769. The Kier molecular flexibility index (Phi) is 2.48. The Labute approximate surface area is 106 Å². The molecule has 2 heterocycles. The number of thiazole rings is 1.